The lowest BCUT2D eigenvalue weighted by atomic mass is 9.94. The number of carbonyl (C=O) groups is 2. The summed E-state index contributed by atoms with van der Waals surface area (Å²) in [4.78, 5) is 31.3. The largest absolute Gasteiger partial charge is 0.307 e. The summed E-state index contributed by atoms with van der Waals surface area (Å²) in [6.45, 7) is 0. The molecule has 2 aromatic carbocycles. The van der Waals surface area contributed by atoms with Crippen LogP contribution in [0.3, 0.4) is 0 Å². The van der Waals surface area contributed by atoms with Crippen molar-refractivity contribution in [3.63, 3.8) is 0 Å². The first-order chi connectivity index (χ1) is 15.1. The second-order valence-corrected chi connectivity index (χ2v) is 9.04. The maximum Gasteiger partial charge on any atom is 0.269 e. The van der Waals surface area contributed by atoms with Crippen LogP contribution in [-0.2, 0) is 4.79 Å². The van der Waals surface area contributed by atoms with Gasteiger partial charge in [-0.3, -0.25) is 14.5 Å². The molecule has 2 heterocycles. The van der Waals surface area contributed by atoms with Gasteiger partial charge in [-0.05, 0) is 48.6 Å². The van der Waals surface area contributed by atoms with E-state index < -0.39 is 11.9 Å². The summed E-state index contributed by atoms with van der Waals surface area (Å²) in [6.07, 6.45) is 5.32. The van der Waals surface area contributed by atoms with E-state index in [0.29, 0.717) is 10.6 Å². The number of anilines is 2. The molecule has 31 heavy (non-hydrogen) atoms. The van der Waals surface area contributed by atoms with Crippen molar-refractivity contribution in [3.05, 3.63) is 82.3 Å². The molecule has 1 atom stereocenters. The minimum atomic E-state index is -0.811. The predicted octanol–water partition coefficient (Wildman–Crippen LogP) is 5.95. The summed E-state index contributed by atoms with van der Waals surface area (Å²) in [5.41, 5.74) is 2.05. The van der Waals surface area contributed by atoms with Crippen LogP contribution in [0.1, 0.15) is 53.4 Å². The number of carbonyl (C=O) groups excluding carboxylic acids is 2. The normalized spacial score (nSPS) is 18.8. The molecule has 4 nitrogen and oxygen atoms in total. The summed E-state index contributed by atoms with van der Waals surface area (Å²) in [7, 11) is 0. The van der Waals surface area contributed by atoms with Crippen molar-refractivity contribution >= 4 is 34.5 Å². The standard InChI is InChI=1S/C25H23FN2O2S/c26-17-8-6-11-19(16-17)28(24(29)22-14-7-15-31-22)23-20-12-4-5-13-21(20)27(25(23)30)18-9-2-1-3-10-18/h4-8,11-16,18,23H,1-3,9-10H2. The van der Waals surface area contributed by atoms with Gasteiger partial charge in [-0.2, -0.15) is 0 Å². The Morgan fingerprint density at radius 1 is 1.00 bits per heavy atom. The second kappa shape index (κ2) is 8.27. The molecule has 2 amide bonds. The van der Waals surface area contributed by atoms with Crippen LogP contribution in [0.2, 0.25) is 0 Å². The van der Waals surface area contributed by atoms with Crippen LogP contribution < -0.4 is 9.80 Å². The van der Waals surface area contributed by atoms with Crippen molar-refractivity contribution in [3.8, 4) is 0 Å². The Balaban J connectivity index is 1.63. The van der Waals surface area contributed by atoms with Gasteiger partial charge in [0.25, 0.3) is 11.8 Å². The van der Waals surface area contributed by atoms with Crippen LogP contribution in [0.5, 0.6) is 0 Å². The lowest BCUT2D eigenvalue weighted by molar-refractivity contribution is -0.119. The van der Waals surface area contributed by atoms with E-state index in [4.69, 9.17) is 0 Å². The van der Waals surface area contributed by atoms with Gasteiger partial charge in [-0.25, -0.2) is 4.39 Å². The van der Waals surface area contributed by atoms with E-state index in [1.54, 1.807) is 24.3 Å². The highest BCUT2D eigenvalue weighted by Crippen LogP contribution is 2.44. The molecule has 1 fully saturated rings. The molecule has 2 aliphatic rings. The van der Waals surface area contributed by atoms with Crippen LogP contribution in [0, 0.1) is 5.82 Å². The van der Waals surface area contributed by atoms with Crippen LogP contribution in [-0.4, -0.2) is 17.9 Å². The number of fused-ring (bicyclic) bond motifs is 1. The molecule has 3 aromatic rings. The minimum Gasteiger partial charge on any atom is -0.307 e. The SMILES string of the molecule is O=C1C(N(C(=O)c2cccs2)c2cccc(F)c2)c2ccccc2N1C1CCCCC1. The molecule has 0 bridgehead atoms. The monoisotopic (exact) mass is 434 g/mol. The Bertz CT molecular complexity index is 1110. The Labute approximate surface area is 184 Å². The number of halogens is 1. The molecule has 5 rings (SSSR count). The van der Waals surface area contributed by atoms with E-state index >= 15 is 0 Å². The zero-order valence-corrected chi connectivity index (χ0v) is 17.9. The van der Waals surface area contributed by atoms with Gasteiger partial charge in [-0.15, -0.1) is 11.3 Å². The van der Waals surface area contributed by atoms with Crippen molar-refractivity contribution in [1.29, 1.82) is 0 Å². The van der Waals surface area contributed by atoms with Crippen LogP contribution in [0.15, 0.2) is 66.0 Å². The molecule has 158 valence electrons. The van der Waals surface area contributed by atoms with Gasteiger partial charge < -0.3 is 4.90 Å². The number of hydrogen-bond donors (Lipinski definition) is 0. The summed E-state index contributed by atoms with van der Waals surface area (Å²) < 4.78 is 14.2. The average Bonchev–Trinajstić information content (AvgIpc) is 3.42. The first-order valence-electron chi connectivity index (χ1n) is 10.7. The molecular weight excluding hydrogens is 411 g/mol. The lowest BCUT2D eigenvalue weighted by Gasteiger charge is -2.33. The quantitative estimate of drug-likeness (QED) is 0.509. The second-order valence-electron chi connectivity index (χ2n) is 8.09. The third-order valence-electron chi connectivity index (χ3n) is 6.20. The molecule has 0 radical (unpaired) electrons. The van der Waals surface area contributed by atoms with Gasteiger partial charge in [-0.1, -0.05) is 49.6 Å². The van der Waals surface area contributed by atoms with E-state index in [0.717, 1.165) is 36.9 Å². The number of nitrogens with zero attached hydrogens (tertiary/aromatic N) is 2. The zero-order valence-electron chi connectivity index (χ0n) is 17.0. The molecule has 1 aliphatic heterocycles. The third-order valence-corrected chi connectivity index (χ3v) is 7.06. The van der Waals surface area contributed by atoms with E-state index in [9.17, 15) is 14.0 Å². The summed E-state index contributed by atoms with van der Waals surface area (Å²) >= 11 is 1.32. The van der Waals surface area contributed by atoms with Gasteiger partial charge in [0, 0.05) is 23.0 Å². The Hall–Kier alpha value is -2.99. The first-order valence-corrected chi connectivity index (χ1v) is 11.6. The fourth-order valence-electron chi connectivity index (χ4n) is 4.82. The topological polar surface area (TPSA) is 40.6 Å². The number of rotatable bonds is 4. The van der Waals surface area contributed by atoms with Crippen molar-refractivity contribution in [2.45, 2.75) is 44.2 Å². The van der Waals surface area contributed by atoms with Crippen molar-refractivity contribution in [2.24, 2.45) is 0 Å². The van der Waals surface area contributed by atoms with E-state index in [1.165, 1.54) is 34.8 Å². The molecule has 1 aromatic heterocycles. The smallest absolute Gasteiger partial charge is 0.269 e. The third kappa shape index (κ3) is 3.55. The average molecular weight is 435 g/mol. The number of para-hydroxylation sites is 1. The molecule has 0 N–H and O–H groups in total. The van der Waals surface area contributed by atoms with Crippen molar-refractivity contribution in [2.75, 3.05) is 9.80 Å². The van der Waals surface area contributed by atoms with Crippen molar-refractivity contribution in [1.82, 2.24) is 0 Å². The number of amides is 2. The van der Waals surface area contributed by atoms with Gasteiger partial charge in [0.2, 0.25) is 0 Å². The number of benzene rings is 2. The molecule has 6 heteroatoms. The molecule has 1 unspecified atom stereocenters. The van der Waals surface area contributed by atoms with Gasteiger partial charge in [0.05, 0.1) is 4.88 Å². The summed E-state index contributed by atoms with van der Waals surface area (Å²) in [6, 6.07) is 16.5. The fraction of sp³-hybridized carbons (Fsp3) is 0.280. The zero-order chi connectivity index (χ0) is 21.4. The number of thiophene rings is 1. The number of hydrogen-bond acceptors (Lipinski definition) is 3. The molecule has 1 saturated carbocycles. The lowest BCUT2D eigenvalue weighted by Crippen LogP contribution is -2.45. The van der Waals surface area contributed by atoms with Crippen LogP contribution in [0.4, 0.5) is 15.8 Å². The molecule has 0 spiro atoms. The molecular formula is C25H23FN2O2S. The van der Waals surface area contributed by atoms with Gasteiger partial charge >= 0.3 is 0 Å². The van der Waals surface area contributed by atoms with E-state index in [2.05, 4.69) is 0 Å². The molecule has 0 saturated heterocycles. The van der Waals surface area contributed by atoms with Crippen molar-refractivity contribution < 1.29 is 14.0 Å². The Kier molecular flexibility index (Phi) is 5.32. The van der Waals surface area contributed by atoms with Crippen LogP contribution >= 0.6 is 11.3 Å². The maximum atomic E-state index is 14.2. The highest BCUT2D eigenvalue weighted by molar-refractivity contribution is 7.12. The Morgan fingerprint density at radius 2 is 1.81 bits per heavy atom. The fourth-order valence-corrected chi connectivity index (χ4v) is 5.48. The van der Waals surface area contributed by atoms with Gasteiger partial charge in [0.15, 0.2) is 0 Å². The highest BCUT2D eigenvalue weighted by atomic mass is 32.1. The van der Waals surface area contributed by atoms with Gasteiger partial charge in [0.1, 0.15) is 11.9 Å². The van der Waals surface area contributed by atoms with Crippen LogP contribution in [0.25, 0.3) is 0 Å². The van der Waals surface area contributed by atoms with E-state index in [1.807, 2.05) is 34.5 Å². The molecule has 1 aliphatic carbocycles. The van der Waals surface area contributed by atoms with E-state index in [-0.39, 0.29) is 17.9 Å². The first kappa shape index (κ1) is 19.9. The predicted molar refractivity (Wildman–Crippen MR) is 121 cm³/mol. The highest BCUT2D eigenvalue weighted by Gasteiger charge is 2.46. The minimum absolute atomic E-state index is 0.109. The summed E-state index contributed by atoms with van der Waals surface area (Å²) in [5.74, 6) is -0.842. The maximum absolute atomic E-state index is 14.2. The Morgan fingerprint density at radius 3 is 2.55 bits per heavy atom. The summed E-state index contributed by atoms with van der Waals surface area (Å²) in [5, 5.41) is 1.83.